The summed E-state index contributed by atoms with van der Waals surface area (Å²) in [6.07, 6.45) is 4.23. The number of H-pyrrole nitrogens is 1. The monoisotopic (exact) mass is 473 g/mol. The van der Waals surface area contributed by atoms with E-state index in [-0.39, 0.29) is 24.0 Å². The number of nitrogens with one attached hydrogen (secondary N) is 1. The van der Waals surface area contributed by atoms with Crippen LogP contribution >= 0.6 is 0 Å². The van der Waals surface area contributed by atoms with Crippen molar-refractivity contribution in [1.82, 2.24) is 30.2 Å². The molecule has 0 aliphatic rings. The van der Waals surface area contributed by atoms with Crippen molar-refractivity contribution in [3.63, 3.8) is 0 Å². The Morgan fingerprint density at radius 2 is 1.91 bits per heavy atom. The number of tetrazole rings is 1. The number of carboxylic acids is 1. The van der Waals surface area contributed by atoms with Gasteiger partial charge in [-0.15, -0.1) is 5.10 Å². The molecular formula is C25H27N7O3. The molecule has 4 rings (SSSR count). The van der Waals surface area contributed by atoms with Gasteiger partial charge in [-0.1, -0.05) is 60.4 Å². The van der Waals surface area contributed by atoms with Crippen molar-refractivity contribution < 1.29 is 14.7 Å². The largest absolute Gasteiger partial charge is 0.478 e. The predicted octanol–water partition coefficient (Wildman–Crippen LogP) is 3.64. The topological polar surface area (TPSA) is 130 Å². The first kappa shape index (κ1) is 23.8. The van der Waals surface area contributed by atoms with E-state index in [1.807, 2.05) is 35.8 Å². The van der Waals surface area contributed by atoms with Gasteiger partial charge in [0, 0.05) is 13.0 Å². The van der Waals surface area contributed by atoms with Crippen molar-refractivity contribution in [1.29, 1.82) is 0 Å². The quantitative estimate of drug-likeness (QED) is 0.360. The first-order valence-corrected chi connectivity index (χ1v) is 11.4. The van der Waals surface area contributed by atoms with Crippen LogP contribution in [0.1, 0.15) is 63.1 Å². The van der Waals surface area contributed by atoms with E-state index < -0.39 is 5.97 Å². The summed E-state index contributed by atoms with van der Waals surface area (Å²) in [6.45, 7) is 4.74. The first-order valence-electron chi connectivity index (χ1n) is 11.4. The average molecular weight is 474 g/mol. The summed E-state index contributed by atoms with van der Waals surface area (Å²) in [7, 11) is 0. The Morgan fingerprint density at radius 3 is 2.57 bits per heavy atom. The molecule has 0 bridgehead atoms. The number of imidazole rings is 1. The third kappa shape index (κ3) is 5.60. The number of rotatable bonds is 10. The summed E-state index contributed by atoms with van der Waals surface area (Å²) in [5, 5.41) is 23.4. The van der Waals surface area contributed by atoms with Crippen LogP contribution in [0.15, 0.2) is 54.7 Å². The van der Waals surface area contributed by atoms with Gasteiger partial charge in [0.05, 0.1) is 18.3 Å². The van der Waals surface area contributed by atoms with Crippen LogP contribution in [-0.4, -0.2) is 47.2 Å². The zero-order chi connectivity index (χ0) is 24.8. The van der Waals surface area contributed by atoms with Crippen molar-refractivity contribution in [2.24, 2.45) is 0 Å². The highest BCUT2D eigenvalue weighted by Gasteiger charge is 2.26. The summed E-state index contributed by atoms with van der Waals surface area (Å²) in [6, 6.07) is 14.5. The van der Waals surface area contributed by atoms with Crippen LogP contribution in [0.5, 0.6) is 0 Å². The standard InChI is InChI=1S/C25H27N7O3/c1-3-4-8-22-26-14-21(31(22)15-18-9-11-20(12-10-18)24(34)35)23(33)32(25-27-29-30-28-25)16-19-7-5-6-17(2)13-19/h5-7,9-14H,3-4,8,15-16H2,1-2H3,(H,34,35)(H,27,28,29,30). The molecule has 0 fully saturated rings. The maximum Gasteiger partial charge on any atom is 0.335 e. The highest BCUT2D eigenvalue weighted by Crippen LogP contribution is 2.20. The van der Waals surface area contributed by atoms with Crippen molar-refractivity contribution >= 4 is 17.8 Å². The zero-order valence-corrected chi connectivity index (χ0v) is 19.7. The number of unbranched alkanes of at least 4 members (excludes halogenated alkanes) is 1. The summed E-state index contributed by atoms with van der Waals surface area (Å²) in [5.41, 5.74) is 3.49. The summed E-state index contributed by atoms with van der Waals surface area (Å²) in [4.78, 5) is 31.1. The number of carboxylic acid groups (broad SMARTS) is 1. The number of aryl methyl sites for hydroxylation is 2. The minimum Gasteiger partial charge on any atom is -0.478 e. The number of carbonyl (C=O) groups excluding carboxylic acids is 1. The fourth-order valence-corrected chi connectivity index (χ4v) is 3.87. The van der Waals surface area contributed by atoms with E-state index in [1.54, 1.807) is 30.5 Å². The number of nitrogens with zero attached hydrogens (tertiary/aromatic N) is 6. The van der Waals surface area contributed by atoms with Gasteiger partial charge in [0.2, 0.25) is 0 Å². The lowest BCUT2D eigenvalue weighted by Crippen LogP contribution is -2.33. The third-order valence-electron chi connectivity index (χ3n) is 5.70. The van der Waals surface area contributed by atoms with Crippen LogP contribution in [0.4, 0.5) is 5.95 Å². The molecule has 4 aromatic rings. The van der Waals surface area contributed by atoms with Gasteiger partial charge in [-0.3, -0.25) is 9.69 Å². The first-order chi connectivity index (χ1) is 17.0. The van der Waals surface area contributed by atoms with Crippen LogP contribution in [0.2, 0.25) is 0 Å². The summed E-state index contributed by atoms with van der Waals surface area (Å²) < 4.78 is 1.89. The van der Waals surface area contributed by atoms with Gasteiger partial charge in [-0.05, 0) is 41.8 Å². The van der Waals surface area contributed by atoms with E-state index in [9.17, 15) is 14.7 Å². The molecule has 1 amide bonds. The van der Waals surface area contributed by atoms with Crippen LogP contribution < -0.4 is 4.90 Å². The summed E-state index contributed by atoms with van der Waals surface area (Å²) >= 11 is 0. The number of hydrogen-bond acceptors (Lipinski definition) is 6. The van der Waals surface area contributed by atoms with Gasteiger partial charge in [-0.25, -0.2) is 9.78 Å². The number of aromatic nitrogens is 6. The minimum atomic E-state index is -0.981. The molecule has 180 valence electrons. The molecule has 0 spiro atoms. The highest BCUT2D eigenvalue weighted by molar-refractivity contribution is 6.03. The highest BCUT2D eigenvalue weighted by atomic mass is 16.4. The molecule has 0 atom stereocenters. The van der Waals surface area contributed by atoms with Gasteiger partial charge in [0.15, 0.2) is 0 Å². The van der Waals surface area contributed by atoms with E-state index in [1.165, 1.54) is 4.90 Å². The van der Waals surface area contributed by atoms with Gasteiger partial charge >= 0.3 is 5.97 Å². The maximum absolute atomic E-state index is 13.8. The van der Waals surface area contributed by atoms with Gasteiger partial charge in [-0.2, -0.15) is 5.21 Å². The molecule has 0 aliphatic heterocycles. The molecule has 2 heterocycles. The van der Waals surface area contributed by atoms with E-state index >= 15 is 0 Å². The number of carbonyl (C=O) groups is 2. The Kier molecular flexibility index (Phi) is 7.30. The zero-order valence-electron chi connectivity index (χ0n) is 19.7. The van der Waals surface area contributed by atoms with Crippen LogP contribution in [0.3, 0.4) is 0 Å². The molecule has 0 saturated heterocycles. The molecule has 10 heteroatoms. The predicted molar refractivity (Wildman–Crippen MR) is 129 cm³/mol. The number of aromatic carboxylic acids is 1. The molecule has 0 aliphatic carbocycles. The van der Waals surface area contributed by atoms with E-state index in [2.05, 4.69) is 32.5 Å². The van der Waals surface area contributed by atoms with Gasteiger partial charge < -0.3 is 9.67 Å². The van der Waals surface area contributed by atoms with E-state index in [0.717, 1.165) is 41.8 Å². The lowest BCUT2D eigenvalue weighted by molar-refractivity contribution is 0.0696. The fourth-order valence-electron chi connectivity index (χ4n) is 3.87. The molecule has 2 aromatic carbocycles. The van der Waals surface area contributed by atoms with Crippen molar-refractivity contribution in [3.05, 3.63) is 88.5 Å². The van der Waals surface area contributed by atoms with Gasteiger partial charge in [0.1, 0.15) is 11.5 Å². The maximum atomic E-state index is 13.8. The third-order valence-corrected chi connectivity index (χ3v) is 5.70. The average Bonchev–Trinajstić information content (AvgIpc) is 3.52. The second-order valence-corrected chi connectivity index (χ2v) is 8.34. The minimum absolute atomic E-state index is 0.171. The molecule has 10 nitrogen and oxygen atoms in total. The van der Waals surface area contributed by atoms with Crippen molar-refractivity contribution in [2.75, 3.05) is 4.90 Å². The van der Waals surface area contributed by atoms with Crippen molar-refractivity contribution in [2.45, 2.75) is 46.2 Å². The Hall–Kier alpha value is -4.34. The number of anilines is 1. The number of hydrogen-bond donors (Lipinski definition) is 2. The number of amides is 1. The number of benzene rings is 2. The summed E-state index contributed by atoms with van der Waals surface area (Å²) in [5.74, 6) is -0.317. The van der Waals surface area contributed by atoms with Crippen LogP contribution in [-0.2, 0) is 19.5 Å². The number of aromatic amines is 1. The lowest BCUT2D eigenvalue weighted by Gasteiger charge is -2.20. The van der Waals surface area contributed by atoms with Gasteiger partial charge in [0.25, 0.3) is 11.9 Å². The Balaban J connectivity index is 1.69. The van der Waals surface area contributed by atoms with E-state index in [4.69, 9.17) is 0 Å². The molecule has 0 saturated carbocycles. The lowest BCUT2D eigenvalue weighted by atomic mass is 10.1. The Morgan fingerprint density at radius 1 is 1.11 bits per heavy atom. The Bertz CT molecular complexity index is 1300. The Labute approximate surface area is 202 Å². The second-order valence-electron chi connectivity index (χ2n) is 8.34. The molecular weight excluding hydrogens is 446 g/mol. The second kappa shape index (κ2) is 10.7. The molecule has 0 radical (unpaired) electrons. The molecule has 2 N–H and O–H groups in total. The fraction of sp³-hybridized carbons (Fsp3) is 0.280. The van der Waals surface area contributed by atoms with Crippen molar-refractivity contribution in [3.8, 4) is 0 Å². The van der Waals surface area contributed by atoms with Crippen LogP contribution in [0.25, 0.3) is 0 Å². The van der Waals surface area contributed by atoms with E-state index in [0.29, 0.717) is 12.2 Å². The normalized spacial score (nSPS) is 10.9. The smallest absolute Gasteiger partial charge is 0.335 e. The SMILES string of the molecule is CCCCc1ncc(C(=O)N(Cc2cccc(C)c2)c2nn[nH]n2)n1Cc1ccc(C(=O)O)cc1. The molecule has 35 heavy (non-hydrogen) atoms. The molecule has 2 aromatic heterocycles. The van der Waals surface area contributed by atoms with Crippen LogP contribution in [0, 0.1) is 6.92 Å². The molecule has 0 unspecified atom stereocenters.